The SMILES string of the molecule is NNC(=O)c1cnc(COc2ccccc2)nc1. The summed E-state index contributed by atoms with van der Waals surface area (Å²) < 4.78 is 5.47. The van der Waals surface area contributed by atoms with Crippen LogP contribution in [0.5, 0.6) is 5.75 Å². The van der Waals surface area contributed by atoms with Crippen LogP contribution in [-0.2, 0) is 6.61 Å². The molecule has 6 nitrogen and oxygen atoms in total. The summed E-state index contributed by atoms with van der Waals surface area (Å²) >= 11 is 0. The molecule has 0 spiro atoms. The van der Waals surface area contributed by atoms with E-state index in [-0.39, 0.29) is 6.61 Å². The maximum atomic E-state index is 11.2. The van der Waals surface area contributed by atoms with E-state index < -0.39 is 5.91 Å². The summed E-state index contributed by atoms with van der Waals surface area (Å²) in [5.41, 5.74) is 2.31. The summed E-state index contributed by atoms with van der Waals surface area (Å²) in [6.07, 6.45) is 2.80. The molecule has 1 aromatic carbocycles. The Balaban J connectivity index is 1.97. The molecule has 0 radical (unpaired) electrons. The van der Waals surface area contributed by atoms with Crippen molar-refractivity contribution in [2.75, 3.05) is 0 Å². The molecule has 0 unspecified atom stereocenters. The molecule has 0 fully saturated rings. The highest BCUT2D eigenvalue weighted by Crippen LogP contribution is 2.09. The molecule has 0 saturated carbocycles. The molecule has 0 bridgehead atoms. The van der Waals surface area contributed by atoms with Crippen LogP contribution >= 0.6 is 0 Å². The number of ether oxygens (including phenoxy) is 1. The Hall–Kier alpha value is -2.47. The minimum atomic E-state index is -0.425. The maximum Gasteiger partial charge on any atom is 0.268 e. The molecule has 2 aromatic rings. The number of carbonyl (C=O) groups excluding carboxylic acids is 1. The Morgan fingerprint density at radius 1 is 1.22 bits per heavy atom. The van der Waals surface area contributed by atoms with Crippen LogP contribution in [0.4, 0.5) is 0 Å². The molecule has 1 heterocycles. The number of benzene rings is 1. The third-order valence-electron chi connectivity index (χ3n) is 2.21. The van der Waals surface area contributed by atoms with Crippen LogP contribution < -0.4 is 16.0 Å². The summed E-state index contributed by atoms with van der Waals surface area (Å²) in [4.78, 5) is 19.2. The fourth-order valence-electron chi connectivity index (χ4n) is 1.29. The largest absolute Gasteiger partial charge is 0.486 e. The first-order valence-electron chi connectivity index (χ1n) is 5.29. The Bertz CT molecular complexity index is 513. The highest BCUT2D eigenvalue weighted by molar-refractivity contribution is 5.93. The van der Waals surface area contributed by atoms with Gasteiger partial charge in [-0.3, -0.25) is 10.2 Å². The van der Waals surface area contributed by atoms with Gasteiger partial charge in [-0.05, 0) is 12.1 Å². The fraction of sp³-hybridized carbons (Fsp3) is 0.0833. The lowest BCUT2D eigenvalue weighted by molar-refractivity contribution is 0.0952. The fourth-order valence-corrected chi connectivity index (χ4v) is 1.29. The van der Waals surface area contributed by atoms with Crippen molar-refractivity contribution in [1.82, 2.24) is 15.4 Å². The molecule has 1 aromatic heterocycles. The van der Waals surface area contributed by atoms with E-state index in [0.29, 0.717) is 11.4 Å². The van der Waals surface area contributed by atoms with Gasteiger partial charge in [-0.2, -0.15) is 0 Å². The minimum Gasteiger partial charge on any atom is -0.486 e. The molecule has 92 valence electrons. The molecule has 2 rings (SSSR count). The highest BCUT2D eigenvalue weighted by Gasteiger charge is 2.05. The summed E-state index contributed by atoms with van der Waals surface area (Å²) in [6.45, 7) is 0.245. The minimum absolute atomic E-state index is 0.245. The second-order valence-corrected chi connectivity index (χ2v) is 3.46. The number of hydrogen-bond acceptors (Lipinski definition) is 5. The average Bonchev–Trinajstić information content (AvgIpc) is 2.46. The molecule has 1 amide bonds. The van der Waals surface area contributed by atoms with Crippen LogP contribution in [0.1, 0.15) is 16.2 Å². The lowest BCUT2D eigenvalue weighted by Crippen LogP contribution is -2.30. The molecule has 0 aliphatic carbocycles. The second-order valence-electron chi connectivity index (χ2n) is 3.46. The monoisotopic (exact) mass is 244 g/mol. The number of amides is 1. The van der Waals surface area contributed by atoms with Gasteiger partial charge in [0.2, 0.25) is 0 Å². The molecule has 6 heteroatoms. The molecule has 0 saturated heterocycles. The number of aromatic nitrogens is 2. The van der Waals surface area contributed by atoms with Crippen LogP contribution in [0.25, 0.3) is 0 Å². The number of carbonyl (C=O) groups is 1. The third kappa shape index (κ3) is 3.02. The van der Waals surface area contributed by atoms with Crippen molar-refractivity contribution in [3.8, 4) is 5.75 Å². The Morgan fingerprint density at radius 3 is 2.50 bits per heavy atom. The number of nitrogen functional groups attached to an aromatic ring is 1. The van der Waals surface area contributed by atoms with E-state index in [2.05, 4.69) is 9.97 Å². The Labute approximate surface area is 104 Å². The lowest BCUT2D eigenvalue weighted by atomic mass is 10.3. The number of nitrogens with one attached hydrogen (secondary N) is 1. The Kier molecular flexibility index (Phi) is 3.83. The van der Waals surface area contributed by atoms with Crippen LogP contribution in [0.2, 0.25) is 0 Å². The van der Waals surface area contributed by atoms with E-state index in [1.165, 1.54) is 12.4 Å². The van der Waals surface area contributed by atoms with Crippen molar-refractivity contribution < 1.29 is 9.53 Å². The first-order chi connectivity index (χ1) is 8.79. The number of nitrogens with zero attached hydrogens (tertiary/aromatic N) is 2. The van der Waals surface area contributed by atoms with Gasteiger partial charge in [0.1, 0.15) is 12.4 Å². The van der Waals surface area contributed by atoms with Crippen molar-refractivity contribution >= 4 is 5.91 Å². The van der Waals surface area contributed by atoms with E-state index in [9.17, 15) is 4.79 Å². The van der Waals surface area contributed by atoms with Gasteiger partial charge in [0.05, 0.1) is 5.56 Å². The van der Waals surface area contributed by atoms with Crippen LogP contribution in [0.3, 0.4) is 0 Å². The molecular weight excluding hydrogens is 232 g/mol. The number of hydrogen-bond donors (Lipinski definition) is 2. The molecule has 0 atom stereocenters. The predicted molar refractivity (Wildman–Crippen MR) is 64.5 cm³/mol. The van der Waals surface area contributed by atoms with Crippen LogP contribution in [0, 0.1) is 0 Å². The van der Waals surface area contributed by atoms with E-state index in [4.69, 9.17) is 10.6 Å². The summed E-state index contributed by atoms with van der Waals surface area (Å²) in [5, 5.41) is 0. The van der Waals surface area contributed by atoms with Gasteiger partial charge in [0, 0.05) is 12.4 Å². The zero-order chi connectivity index (χ0) is 12.8. The summed E-state index contributed by atoms with van der Waals surface area (Å²) in [6, 6.07) is 9.35. The highest BCUT2D eigenvalue weighted by atomic mass is 16.5. The van der Waals surface area contributed by atoms with Gasteiger partial charge in [-0.15, -0.1) is 0 Å². The summed E-state index contributed by atoms with van der Waals surface area (Å²) in [5.74, 6) is 5.81. The zero-order valence-electron chi connectivity index (χ0n) is 9.54. The van der Waals surface area contributed by atoms with E-state index >= 15 is 0 Å². The standard InChI is InChI=1S/C12H12N4O2/c13-16-12(17)9-6-14-11(15-7-9)8-18-10-4-2-1-3-5-10/h1-7H,8,13H2,(H,16,17). The van der Waals surface area contributed by atoms with E-state index in [1.54, 1.807) is 0 Å². The number of nitrogens with two attached hydrogens (primary N) is 1. The van der Waals surface area contributed by atoms with Crippen LogP contribution in [0.15, 0.2) is 42.7 Å². The molecule has 0 aliphatic heterocycles. The molecular formula is C12H12N4O2. The third-order valence-corrected chi connectivity index (χ3v) is 2.21. The number of para-hydroxylation sites is 1. The van der Waals surface area contributed by atoms with Gasteiger partial charge in [-0.1, -0.05) is 18.2 Å². The predicted octanol–water partition coefficient (Wildman–Crippen LogP) is 0.659. The zero-order valence-corrected chi connectivity index (χ0v) is 9.54. The maximum absolute atomic E-state index is 11.2. The lowest BCUT2D eigenvalue weighted by Gasteiger charge is -2.05. The topological polar surface area (TPSA) is 90.1 Å². The Morgan fingerprint density at radius 2 is 1.89 bits per heavy atom. The first kappa shape index (κ1) is 12.0. The number of hydrazine groups is 1. The molecule has 18 heavy (non-hydrogen) atoms. The quantitative estimate of drug-likeness (QED) is 0.468. The second kappa shape index (κ2) is 5.74. The molecule has 3 N–H and O–H groups in total. The van der Waals surface area contributed by atoms with Gasteiger partial charge in [0.25, 0.3) is 5.91 Å². The van der Waals surface area contributed by atoms with Crippen molar-refractivity contribution in [3.05, 3.63) is 54.1 Å². The number of rotatable bonds is 4. The van der Waals surface area contributed by atoms with Gasteiger partial charge in [0.15, 0.2) is 5.82 Å². The van der Waals surface area contributed by atoms with Crippen molar-refractivity contribution in [3.63, 3.8) is 0 Å². The smallest absolute Gasteiger partial charge is 0.268 e. The summed E-state index contributed by atoms with van der Waals surface area (Å²) in [7, 11) is 0. The van der Waals surface area contributed by atoms with Gasteiger partial charge >= 0.3 is 0 Å². The van der Waals surface area contributed by atoms with Crippen molar-refractivity contribution in [1.29, 1.82) is 0 Å². The average molecular weight is 244 g/mol. The van der Waals surface area contributed by atoms with Gasteiger partial charge in [-0.25, -0.2) is 15.8 Å². The first-order valence-corrected chi connectivity index (χ1v) is 5.29. The van der Waals surface area contributed by atoms with Crippen molar-refractivity contribution in [2.24, 2.45) is 5.84 Å². The van der Waals surface area contributed by atoms with E-state index in [1.807, 2.05) is 35.8 Å². The van der Waals surface area contributed by atoms with E-state index in [0.717, 1.165) is 5.75 Å². The normalized spacial score (nSPS) is 9.83. The van der Waals surface area contributed by atoms with Gasteiger partial charge < -0.3 is 4.74 Å². The molecule has 0 aliphatic rings. The van der Waals surface area contributed by atoms with Crippen LogP contribution in [-0.4, -0.2) is 15.9 Å². The van der Waals surface area contributed by atoms with Crippen molar-refractivity contribution in [2.45, 2.75) is 6.61 Å².